The first kappa shape index (κ1) is 13.7. The highest BCUT2D eigenvalue weighted by molar-refractivity contribution is 7.10. The van der Waals surface area contributed by atoms with E-state index < -0.39 is 0 Å². The Morgan fingerprint density at radius 1 is 1.48 bits per heavy atom. The number of allylic oxidation sites excluding steroid dienone is 1. The van der Waals surface area contributed by atoms with Gasteiger partial charge in [0.25, 0.3) is 0 Å². The largest absolute Gasteiger partial charge is 0.384 e. The standard InChI is InChI=1S/C15H16N4OS/c1-15(2,3)12-11-10(9-5-4-6-21-9)8(7-16)13(17)18-14(11)20-19-12/h4-6,10,18H,17H2,1-3H3/t10-/m1/s1. The fourth-order valence-electron chi connectivity index (χ4n) is 2.55. The van der Waals surface area contributed by atoms with Gasteiger partial charge in [0.05, 0.1) is 28.8 Å². The first-order chi connectivity index (χ1) is 9.93. The van der Waals surface area contributed by atoms with Gasteiger partial charge in [-0.2, -0.15) is 5.26 Å². The molecule has 0 aliphatic carbocycles. The van der Waals surface area contributed by atoms with Gasteiger partial charge in [0.2, 0.25) is 5.88 Å². The van der Waals surface area contributed by atoms with E-state index in [-0.39, 0.29) is 11.3 Å². The van der Waals surface area contributed by atoms with Crippen LogP contribution in [0, 0.1) is 11.3 Å². The Morgan fingerprint density at radius 3 is 2.81 bits per heavy atom. The van der Waals surface area contributed by atoms with E-state index in [9.17, 15) is 5.26 Å². The number of nitrogens with one attached hydrogen (secondary N) is 1. The Morgan fingerprint density at radius 2 is 2.24 bits per heavy atom. The lowest BCUT2D eigenvalue weighted by molar-refractivity contribution is 0.404. The molecule has 1 aliphatic rings. The van der Waals surface area contributed by atoms with Crippen molar-refractivity contribution in [1.29, 1.82) is 5.26 Å². The number of aromatic nitrogens is 1. The molecule has 0 amide bonds. The van der Waals surface area contributed by atoms with E-state index in [0.29, 0.717) is 17.3 Å². The number of hydrogen-bond acceptors (Lipinski definition) is 6. The van der Waals surface area contributed by atoms with E-state index in [1.54, 1.807) is 11.3 Å². The van der Waals surface area contributed by atoms with Gasteiger partial charge in [-0.1, -0.05) is 32.0 Å². The van der Waals surface area contributed by atoms with Crippen molar-refractivity contribution in [2.75, 3.05) is 5.32 Å². The van der Waals surface area contributed by atoms with Crippen LogP contribution in [0.2, 0.25) is 0 Å². The molecule has 108 valence electrons. The number of thiophene rings is 1. The van der Waals surface area contributed by atoms with Crippen LogP contribution in [0.25, 0.3) is 0 Å². The van der Waals surface area contributed by atoms with Gasteiger partial charge in [-0.05, 0) is 11.4 Å². The first-order valence-electron chi connectivity index (χ1n) is 6.63. The van der Waals surface area contributed by atoms with E-state index in [1.807, 2.05) is 17.5 Å². The van der Waals surface area contributed by atoms with Gasteiger partial charge in [-0.25, -0.2) is 0 Å². The Balaban J connectivity index is 2.26. The van der Waals surface area contributed by atoms with Crippen LogP contribution in [0.3, 0.4) is 0 Å². The third-order valence-corrected chi connectivity index (χ3v) is 4.44. The average molecular weight is 300 g/mol. The van der Waals surface area contributed by atoms with E-state index in [0.717, 1.165) is 16.1 Å². The minimum Gasteiger partial charge on any atom is -0.384 e. The third kappa shape index (κ3) is 2.10. The van der Waals surface area contributed by atoms with Crippen molar-refractivity contribution in [3.05, 3.63) is 45.0 Å². The molecular weight excluding hydrogens is 284 g/mol. The lowest BCUT2D eigenvalue weighted by atomic mass is 9.80. The van der Waals surface area contributed by atoms with Crippen LogP contribution < -0.4 is 11.1 Å². The highest BCUT2D eigenvalue weighted by atomic mass is 32.1. The maximum Gasteiger partial charge on any atom is 0.234 e. The molecule has 0 fully saturated rings. The lowest BCUT2D eigenvalue weighted by Gasteiger charge is -2.25. The van der Waals surface area contributed by atoms with E-state index in [2.05, 4.69) is 37.3 Å². The SMILES string of the molecule is CC(C)(C)c1noc2c1[C@@H](c1cccs1)C(C#N)=C(N)N2. The number of nitriles is 1. The van der Waals surface area contributed by atoms with Crippen molar-refractivity contribution in [1.82, 2.24) is 5.16 Å². The maximum atomic E-state index is 9.51. The molecule has 2 aromatic heterocycles. The second-order valence-electron chi connectivity index (χ2n) is 6.04. The first-order valence-corrected chi connectivity index (χ1v) is 7.51. The second kappa shape index (κ2) is 4.64. The summed E-state index contributed by atoms with van der Waals surface area (Å²) in [6, 6.07) is 6.21. The summed E-state index contributed by atoms with van der Waals surface area (Å²) in [5.41, 5.74) is 8.08. The summed E-state index contributed by atoms with van der Waals surface area (Å²) in [7, 11) is 0. The number of nitrogens with two attached hydrogens (primary N) is 1. The quantitative estimate of drug-likeness (QED) is 0.843. The van der Waals surface area contributed by atoms with Crippen molar-refractivity contribution in [2.45, 2.75) is 32.1 Å². The molecule has 0 saturated carbocycles. The summed E-state index contributed by atoms with van der Waals surface area (Å²) < 4.78 is 5.43. The number of nitrogens with zero attached hydrogens (tertiary/aromatic N) is 2. The topological polar surface area (TPSA) is 87.9 Å². The molecule has 2 aromatic rings. The highest BCUT2D eigenvalue weighted by Crippen LogP contribution is 2.46. The van der Waals surface area contributed by atoms with E-state index >= 15 is 0 Å². The molecule has 6 heteroatoms. The summed E-state index contributed by atoms with van der Waals surface area (Å²) in [4.78, 5) is 1.06. The number of rotatable bonds is 1. The lowest BCUT2D eigenvalue weighted by Crippen LogP contribution is -2.24. The summed E-state index contributed by atoms with van der Waals surface area (Å²) in [6.07, 6.45) is 0. The zero-order valence-electron chi connectivity index (χ0n) is 12.1. The molecule has 0 aromatic carbocycles. The molecule has 0 saturated heterocycles. The third-order valence-electron chi connectivity index (χ3n) is 3.50. The Hall–Kier alpha value is -2.26. The molecule has 0 unspecified atom stereocenters. The summed E-state index contributed by atoms with van der Waals surface area (Å²) in [5, 5.41) is 18.7. The highest BCUT2D eigenvalue weighted by Gasteiger charge is 2.38. The normalized spacial score (nSPS) is 18.1. The molecule has 0 bridgehead atoms. The Bertz CT molecular complexity index is 744. The monoisotopic (exact) mass is 300 g/mol. The van der Waals surface area contributed by atoms with Crippen LogP contribution in [0.1, 0.15) is 42.8 Å². The van der Waals surface area contributed by atoms with Gasteiger partial charge in [-0.3, -0.25) is 0 Å². The van der Waals surface area contributed by atoms with E-state index in [1.165, 1.54) is 0 Å². The predicted octanol–water partition coefficient (Wildman–Crippen LogP) is 3.28. The van der Waals surface area contributed by atoms with E-state index in [4.69, 9.17) is 10.3 Å². The van der Waals surface area contributed by atoms with Crippen molar-refractivity contribution in [2.24, 2.45) is 5.73 Å². The van der Waals surface area contributed by atoms with Crippen molar-refractivity contribution >= 4 is 17.2 Å². The second-order valence-corrected chi connectivity index (χ2v) is 7.02. The number of anilines is 1. The molecular formula is C15H16N4OS. The molecule has 3 N–H and O–H groups in total. The van der Waals surface area contributed by atoms with Gasteiger partial charge in [0.1, 0.15) is 5.82 Å². The Labute approximate surface area is 127 Å². The maximum absolute atomic E-state index is 9.51. The fraction of sp³-hybridized carbons (Fsp3) is 0.333. The number of hydrogen-bond donors (Lipinski definition) is 2. The van der Waals surface area contributed by atoms with Gasteiger partial charge in [0.15, 0.2) is 0 Å². The molecule has 0 radical (unpaired) electrons. The number of fused-ring (bicyclic) bond motifs is 1. The van der Waals surface area contributed by atoms with Crippen molar-refractivity contribution in [3.8, 4) is 6.07 Å². The van der Waals surface area contributed by atoms with Gasteiger partial charge in [0, 0.05) is 10.3 Å². The molecule has 5 nitrogen and oxygen atoms in total. The van der Waals surface area contributed by atoms with Crippen LogP contribution in [-0.2, 0) is 5.41 Å². The molecule has 21 heavy (non-hydrogen) atoms. The van der Waals surface area contributed by atoms with Crippen molar-refractivity contribution in [3.63, 3.8) is 0 Å². The minimum atomic E-state index is -0.216. The Kier molecular flexibility index (Phi) is 3.03. The molecule has 3 rings (SSSR count). The summed E-state index contributed by atoms with van der Waals surface area (Å²) >= 11 is 1.60. The van der Waals surface area contributed by atoms with Crippen molar-refractivity contribution < 1.29 is 4.52 Å². The summed E-state index contributed by atoms with van der Waals surface area (Å²) in [5.74, 6) is 0.654. The van der Waals surface area contributed by atoms with Gasteiger partial charge in [-0.15, -0.1) is 11.3 Å². The average Bonchev–Trinajstić information content (AvgIpc) is 3.04. The fourth-order valence-corrected chi connectivity index (χ4v) is 3.39. The van der Waals surface area contributed by atoms with Gasteiger partial charge < -0.3 is 15.6 Å². The molecule has 0 spiro atoms. The van der Waals surface area contributed by atoms with Crippen LogP contribution >= 0.6 is 11.3 Å². The summed E-state index contributed by atoms with van der Waals surface area (Å²) in [6.45, 7) is 6.22. The zero-order chi connectivity index (χ0) is 15.2. The smallest absolute Gasteiger partial charge is 0.234 e. The van der Waals surface area contributed by atoms with Crippen LogP contribution in [0.5, 0.6) is 0 Å². The zero-order valence-corrected chi connectivity index (χ0v) is 12.9. The molecule has 1 atom stereocenters. The van der Waals surface area contributed by atoms with Crippen LogP contribution in [0.15, 0.2) is 33.4 Å². The minimum absolute atomic E-state index is 0.180. The predicted molar refractivity (Wildman–Crippen MR) is 81.8 cm³/mol. The van der Waals surface area contributed by atoms with Crippen LogP contribution in [0.4, 0.5) is 5.88 Å². The molecule has 1 aliphatic heterocycles. The molecule has 3 heterocycles. The van der Waals surface area contributed by atoms with Gasteiger partial charge >= 0.3 is 0 Å². The van der Waals surface area contributed by atoms with Crippen LogP contribution in [-0.4, -0.2) is 5.16 Å².